The predicted octanol–water partition coefficient (Wildman–Crippen LogP) is 4.44. The van der Waals surface area contributed by atoms with Crippen LogP contribution in [0, 0.1) is 5.82 Å². The van der Waals surface area contributed by atoms with E-state index in [1.807, 2.05) is 18.2 Å². The molecule has 4 rings (SSSR count). The Bertz CT molecular complexity index is 1100. The number of rotatable bonds is 7. The zero-order valence-electron chi connectivity index (χ0n) is 16.2. The summed E-state index contributed by atoms with van der Waals surface area (Å²) in [5, 5.41) is 6.45. The van der Waals surface area contributed by atoms with Gasteiger partial charge in [0.05, 0.1) is 13.3 Å². The van der Waals surface area contributed by atoms with Gasteiger partial charge in [-0.25, -0.2) is 19.3 Å². The summed E-state index contributed by atoms with van der Waals surface area (Å²) in [6, 6.07) is 13.9. The first-order valence-corrected chi connectivity index (χ1v) is 9.23. The lowest BCUT2D eigenvalue weighted by atomic mass is 10.1. The maximum atomic E-state index is 13.1. The number of aromatic nitrogens is 4. The second-order valence-corrected chi connectivity index (χ2v) is 6.41. The van der Waals surface area contributed by atoms with Gasteiger partial charge in [0.2, 0.25) is 5.88 Å². The summed E-state index contributed by atoms with van der Waals surface area (Å²) in [5.74, 6) is 2.12. The first-order chi connectivity index (χ1) is 14.7. The van der Waals surface area contributed by atoms with Crippen molar-refractivity contribution in [2.45, 2.75) is 6.54 Å². The molecule has 0 unspecified atom stereocenters. The van der Waals surface area contributed by atoms with Crippen molar-refractivity contribution in [1.82, 2.24) is 19.9 Å². The highest BCUT2D eigenvalue weighted by Crippen LogP contribution is 2.27. The first-order valence-electron chi connectivity index (χ1n) is 9.23. The Labute approximate surface area is 173 Å². The monoisotopic (exact) mass is 402 g/mol. The number of nitrogens with one attached hydrogen (secondary N) is 2. The molecule has 0 saturated carbocycles. The lowest BCUT2D eigenvalue weighted by molar-refractivity contribution is 0.398. The number of ether oxygens (including phenoxy) is 1. The Morgan fingerprint density at radius 1 is 0.867 bits per heavy atom. The van der Waals surface area contributed by atoms with Crippen molar-refractivity contribution >= 4 is 17.5 Å². The molecule has 0 radical (unpaired) electrons. The smallest absolute Gasteiger partial charge is 0.212 e. The van der Waals surface area contributed by atoms with Gasteiger partial charge >= 0.3 is 0 Å². The number of methoxy groups -OCH3 is 1. The van der Waals surface area contributed by atoms with Crippen molar-refractivity contribution in [2.24, 2.45) is 0 Å². The molecule has 0 atom stereocenters. The number of hydrogen-bond donors (Lipinski definition) is 2. The first kappa shape index (κ1) is 19.3. The number of hydrogen-bond acceptors (Lipinski definition) is 7. The fourth-order valence-electron chi connectivity index (χ4n) is 2.81. The number of pyridine rings is 2. The summed E-state index contributed by atoms with van der Waals surface area (Å²) < 4.78 is 18.3. The third-order valence-corrected chi connectivity index (χ3v) is 4.31. The molecule has 0 aliphatic heterocycles. The van der Waals surface area contributed by atoms with Crippen LogP contribution in [0.2, 0.25) is 0 Å². The van der Waals surface area contributed by atoms with Crippen LogP contribution in [0.5, 0.6) is 5.88 Å². The number of halogens is 1. The van der Waals surface area contributed by atoms with Crippen molar-refractivity contribution in [3.63, 3.8) is 0 Å². The van der Waals surface area contributed by atoms with Gasteiger partial charge in [0.1, 0.15) is 23.3 Å². The van der Waals surface area contributed by atoms with Crippen LogP contribution in [-0.4, -0.2) is 27.0 Å². The Balaban J connectivity index is 1.63. The molecule has 3 heterocycles. The van der Waals surface area contributed by atoms with E-state index < -0.39 is 0 Å². The van der Waals surface area contributed by atoms with Crippen molar-refractivity contribution < 1.29 is 9.13 Å². The molecule has 7 nitrogen and oxygen atoms in total. The maximum absolute atomic E-state index is 13.1. The Morgan fingerprint density at radius 3 is 2.40 bits per heavy atom. The molecule has 2 N–H and O–H groups in total. The van der Waals surface area contributed by atoms with Crippen LogP contribution in [0.4, 0.5) is 21.8 Å². The minimum Gasteiger partial charge on any atom is -0.481 e. The summed E-state index contributed by atoms with van der Waals surface area (Å²) in [4.78, 5) is 17.2. The van der Waals surface area contributed by atoms with Crippen LogP contribution in [-0.2, 0) is 6.54 Å². The van der Waals surface area contributed by atoms with E-state index >= 15 is 0 Å². The lowest BCUT2D eigenvalue weighted by Crippen LogP contribution is -2.04. The maximum Gasteiger partial charge on any atom is 0.212 e. The highest BCUT2D eigenvalue weighted by Gasteiger charge is 2.08. The van der Waals surface area contributed by atoms with Crippen LogP contribution < -0.4 is 15.4 Å². The minimum atomic E-state index is -0.263. The van der Waals surface area contributed by atoms with E-state index in [9.17, 15) is 4.39 Å². The molecule has 1 aromatic carbocycles. The average Bonchev–Trinajstić information content (AvgIpc) is 2.79. The number of benzene rings is 1. The molecule has 30 heavy (non-hydrogen) atoms. The van der Waals surface area contributed by atoms with Gasteiger partial charge in [0.15, 0.2) is 0 Å². The molecule has 3 aromatic heterocycles. The molecule has 0 aliphatic rings. The van der Waals surface area contributed by atoms with Crippen molar-refractivity contribution in [3.8, 4) is 17.0 Å². The topological polar surface area (TPSA) is 84.9 Å². The third kappa shape index (κ3) is 4.85. The minimum absolute atomic E-state index is 0.263. The van der Waals surface area contributed by atoms with Crippen molar-refractivity contribution in [1.29, 1.82) is 0 Å². The molecule has 0 bridgehead atoms. The molecule has 0 fully saturated rings. The Kier molecular flexibility index (Phi) is 5.75. The van der Waals surface area contributed by atoms with Crippen LogP contribution >= 0.6 is 0 Å². The zero-order valence-corrected chi connectivity index (χ0v) is 16.2. The Morgan fingerprint density at radius 2 is 1.70 bits per heavy atom. The van der Waals surface area contributed by atoms with Gasteiger partial charge in [-0.2, -0.15) is 0 Å². The highest BCUT2D eigenvalue weighted by molar-refractivity contribution is 5.71. The SMILES string of the molecule is COc1ccc(-c2cc(NCc3ccc(F)cc3)nc(Nc3cnccn3)c2)cn1. The molecule has 0 amide bonds. The molecule has 0 spiro atoms. The van der Waals surface area contributed by atoms with E-state index in [2.05, 4.69) is 30.6 Å². The second-order valence-electron chi connectivity index (χ2n) is 6.41. The summed E-state index contributed by atoms with van der Waals surface area (Å²) in [6.07, 6.45) is 6.57. The van der Waals surface area contributed by atoms with E-state index in [-0.39, 0.29) is 5.82 Å². The van der Waals surface area contributed by atoms with Gasteiger partial charge < -0.3 is 15.4 Å². The average molecular weight is 402 g/mol. The van der Waals surface area contributed by atoms with E-state index in [0.29, 0.717) is 29.9 Å². The van der Waals surface area contributed by atoms with Gasteiger partial charge in [0, 0.05) is 36.8 Å². The van der Waals surface area contributed by atoms with Gasteiger partial charge in [-0.1, -0.05) is 12.1 Å². The third-order valence-electron chi connectivity index (χ3n) is 4.31. The molecular formula is C22H19FN6O. The fourth-order valence-corrected chi connectivity index (χ4v) is 2.81. The summed E-state index contributed by atoms with van der Waals surface area (Å²) in [5.41, 5.74) is 2.76. The van der Waals surface area contributed by atoms with Gasteiger partial charge in [-0.15, -0.1) is 0 Å². The normalized spacial score (nSPS) is 10.5. The van der Waals surface area contributed by atoms with Crippen LogP contribution in [0.15, 0.2) is 73.3 Å². The predicted molar refractivity (Wildman–Crippen MR) is 113 cm³/mol. The molecule has 0 saturated heterocycles. The Hall–Kier alpha value is -4.07. The zero-order chi connectivity index (χ0) is 20.8. The summed E-state index contributed by atoms with van der Waals surface area (Å²) in [6.45, 7) is 0.502. The lowest BCUT2D eigenvalue weighted by Gasteiger charge is -2.12. The molecule has 8 heteroatoms. The number of anilines is 3. The summed E-state index contributed by atoms with van der Waals surface area (Å²) >= 11 is 0. The van der Waals surface area contributed by atoms with Gasteiger partial charge in [-0.05, 0) is 41.5 Å². The number of nitrogens with zero attached hydrogens (tertiary/aromatic N) is 4. The van der Waals surface area contributed by atoms with Gasteiger partial charge in [-0.3, -0.25) is 4.98 Å². The standard InChI is InChI=1S/C22H19FN6O/c1-30-22-7-4-16(13-27-22)17-10-19(26-12-15-2-5-18(23)6-3-15)28-20(11-17)29-21-14-24-8-9-25-21/h2-11,13-14H,12H2,1H3,(H2,25,26,28,29). The van der Waals surface area contributed by atoms with Crippen LogP contribution in [0.25, 0.3) is 11.1 Å². The van der Waals surface area contributed by atoms with Crippen LogP contribution in [0.1, 0.15) is 5.56 Å². The molecule has 0 aliphatic carbocycles. The van der Waals surface area contributed by atoms with E-state index in [0.717, 1.165) is 16.7 Å². The highest BCUT2D eigenvalue weighted by atomic mass is 19.1. The molecule has 150 valence electrons. The fraction of sp³-hybridized carbons (Fsp3) is 0.0909. The second kappa shape index (κ2) is 8.95. The summed E-state index contributed by atoms with van der Waals surface area (Å²) in [7, 11) is 1.58. The van der Waals surface area contributed by atoms with E-state index in [4.69, 9.17) is 4.74 Å². The van der Waals surface area contributed by atoms with Crippen LogP contribution in [0.3, 0.4) is 0 Å². The van der Waals surface area contributed by atoms with E-state index in [1.165, 1.54) is 12.1 Å². The van der Waals surface area contributed by atoms with Crippen molar-refractivity contribution in [3.05, 3.63) is 84.7 Å². The van der Waals surface area contributed by atoms with E-state index in [1.54, 1.807) is 50.1 Å². The van der Waals surface area contributed by atoms with Gasteiger partial charge in [0.25, 0.3) is 0 Å². The quantitative estimate of drug-likeness (QED) is 0.473. The molecule has 4 aromatic rings. The molecular weight excluding hydrogens is 383 g/mol. The van der Waals surface area contributed by atoms with Crippen molar-refractivity contribution in [2.75, 3.05) is 17.7 Å². The largest absolute Gasteiger partial charge is 0.481 e.